The van der Waals surface area contributed by atoms with Crippen molar-refractivity contribution in [1.29, 1.82) is 0 Å². The Bertz CT molecular complexity index is 686. The van der Waals surface area contributed by atoms with E-state index >= 15 is 0 Å². The maximum absolute atomic E-state index is 9.59. The second-order valence-electron chi connectivity index (χ2n) is 5.19. The predicted octanol–water partition coefficient (Wildman–Crippen LogP) is 1.29. The summed E-state index contributed by atoms with van der Waals surface area (Å²) in [6.45, 7) is 0.928. The number of nitrogens with zero attached hydrogens (tertiary/aromatic N) is 3. The third kappa shape index (κ3) is 2.27. The van der Waals surface area contributed by atoms with Gasteiger partial charge < -0.3 is 20.9 Å². The Morgan fingerprint density at radius 2 is 2.24 bits per heavy atom. The van der Waals surface area contributed by atoms with Gasteiger partial charge in [-0.05, 0) is 18.9 Å². The summed E-state index contributed by atoms with van der Waals surface area (Å²) in [7, 11) is 0. The van der Waals surface area contributed by atoms with E-state index in [4.69, 9.17) is 10.9 Å². The third-order valence-electron chi connectivity index (χ3n) is 4.01. The lowest BCUT2D eigenvalue weighted by molar-refractivity contribution is 0.266. The molecule has 1 aromatic heterocycles. The smallest absolute Gasteiger partial charge is 0.173 e. The predicted molar refractivity (Wildman–Crippen MR) is 81.7 cm³/mol. The Kier molecular flexibility index (Phi) is 3.62. The van der Waals surface area contributed by atoms with Gasteiger partial charge in [0, 0.05) is 18.1 Å². The highest BCUT2D eigenvalue weighted by molar-refractivity contribution is 6.09. The molecule has 3 rings (SSSR count). The van der Waals surface area contributed by atoms with Crippen molar-refractivity contribution in [2.24, 2.45) is 10.9 Å². The van der Waals surface area contributed by atoms with Gasteiger partial charge in [0.2, 0.25) is 0 Å². The number of aromatic nitrogens is 1. The number of hydrogen-bond donors (Lipinski definition) is 3. The van der Waals surface area contributed by atoms with Gasteiger partial charge in [0.05, 0.1) is 29.4 Å². The van der Waals surface area contributed by atoms with E-state index in [0.717, 1.165) is 36.0 Å². The Morgan fingerprint density at radius 3 is 3.00 bits per heavy atom. The molecule has 2 aromatic rings. The van der Waals surface area contributed by atoms with Crippen LogP contribution >= 0.6 is 0 Å². The monoisotopic (exact) mass is 286 g/mol. The van der Waals surface area contributed by atoms with Crippen LogP contribution in [0, 0.1) is 0 Å². The van der Waals surface area contributed by atoms with E-state index in [0.29, 0.717) is 5.56 Å². The van der Waals surface area contributed by atoms with Crippen LogP contribution in [0.5, 0.6) is 0 Å². The van der Waals surface area contributed by atoms with Crippen molar-refractivity contribution in [3.8, 4) is 0 Å². The molecule has 1 fully saturated rings. The molecule has 110 valence electrons. The molecule has 1 aliphatic heterocycles. The number of fused-ring (bicyclic) bond motifs is 1. The van der Waals surface area contributed by atoms with E-state index in [2.05, 4.69) is 15.0 Å². The van der Waals surface area contributed by atoms with Crippen LogP contribution in [0.15, 0.2) is 35.6 Å². The van der Waals surface area contributed by atoms with E-state index in [9.17, 15) is 5.11 Å². The first-order valence-electron chi connectivity index (χ1n) is 6.99. The van der Waals surface area contributed by atoms with E-state index < -0.39 is 0 Å². The Labute approximate surface area is 122 Å². The third-order valence-corrected chi connectivity index (χ3v) is 4.01. The number of rotatable bonds is 3. The summed E-state index contributed by atoms with van der Waals surface area (Å²) in [6, 6.07) is 7.82. The average Bonchev–Trinajstić information content (AvgIpc) is 3.01. The number of nitrogens with two attached hydrogens (primary N) is 1. The molecule has 0 saturated carbocycles. The van der Waals surface area contributed by atoms with Crippen molar-refractivity contribution in [1.82, 2.24) is 4.98 Å². The fourth-order valence-corrected chi connectivity index (χ4v) is 3.00. The molecule has 0 radical (unpaired) electrons. The summed E-state index contributed by atoms with van der Waals surface area (Å²) in [5.41, 5.74) is 8.14. The number of amidine groups is 1. The van der Waals surface area contributed by atoms with Crippen molar-refractivity contribution < 1.29 is 10.3 Å². The number of aliphatic hydroxyl groups excluding tert-OH is 1. The zero-order chi connectivity index (χ0) is 14.8. The summed E-state index contributed by atoms with van der Waals surface area (Å²) < 4.78 is 0. The van der Waals surface area contributed by atoms with Crippen molar-refractivity contribution in [3.05, 3.63) is 36.0 Å². The molecule has 1 unspecified atom stereocenters. The van der Waals surface area contributed by atoms with Gasteiger partial charge >= 0.3 is 0 Å². The highest BCUT2D eigenvalue weighted by atomic mass is 16.4. The standard InChI is InChI=1S/C15H18N4O2/c16-15(18-21)12-8-17-13-6-2-1-5-11(13)14(12)19-7-3-4-10(19)9-20/h1-2,5-6,8,10,20-21H,3-4,7,9H2,(H2,16,18). The maximum Gasteiger partial charge on any atom is 0.173 e. The number of anilines is 1. The number of para-hydroxylation sites is 1. The molecule has 1 saturated heterocycles. The van der Waals surface area contributed by atoms with Crippen LogP contribution < -0.4 is 10.6 Å². The quantitative estimate of drug-likeness (QED) is 0.342. The lowest BCUT2D eigenvalue weighted by Crippen LogP contribution is -2.34. The minimum Gasteiger partial charge on any atom is -0.409 e. The zero-order valence-corrected chi connectivity index (χ0v) is 11.6. The molecule has 2 heterocycles. The van der Waals surface area contributed by atoms with Gasteiger partial charge in [0.25, 0.3) is 0 Å². The molecular weight excluding hydrogens is 268 g/mol. The van der Waals surface area contributed by atoms with Crippen molar-refractivity contribution in [2.45, 2.75) is 18.9 Å². The first kappa shape index (κ1) is 13.6. The van der Waals surface area contributed by atoms with E-state index in [1.54, 1.807) is 6.20 Å². The second kappa shape index (κ2) is 5.57. The molecule has 6 heteroatoms. The van der Waals surface area contributed by atoms with Crippen LogP contribution in [-0.4, -0.2) is 40.3 Å². The van der Waals surface area contributed by atoms with E-state index in [-0.39, 0.29) is 18.5 Å². The van der Waals surface area contributed by atoms with Crippen LogP contribution in [0.2, 0.25) is 0 Å². The molecule has 1 aromatic carbocycles. The number of hydrogen-bond acceptors (Lipinski definition) is 5. The van der Waals surface area contributed by atoms with Gasteiger partial charge in [-0.3, -0.25) is 4.98 Å². The molecule has 1 aliphatic rings. The molecule has 6 nitrogen and oxygen atoms in total. The number of pyridine rings is 1. The van der Waals surface area contributed by atoms with Crippen LogP contribution in [0.4, 0.5) is 5.69 Å². The zero-order valence-electron chi connectivity index (χ0n) is 11.6. The summed E-state index contributed by atoms with van der Waals surface area (Å²) in [4.78, 5) is 6.51. The van der Waals surface area contributed by atoms with Crippen molar-refractivity contribution in [2.75, 3.05) is 18.1 Å². The van der Waals surface area contributed by atoms with Crippen molar-refractivity contribution in [3.63, 3.8) is 0 Å². The molecule has 0 aliphatic carbocycles. The van der Waals surface area contributed by atoms with Crippen molar-refractivity contribution >= 4 is 22.4 Å². The fourth-order valence-electron chi connectivity index (χ4n) is 3.00. The van der Waals surface area contributed by atoms with Crippen LogP contribution in [0.1, 0.15) is 18.4 Å². The van der Waals surface area contributed by atoms with Gasteiger partial charge in [-0.2, -0.15) is 0 Å². The van der Waals surface area contributed by atoms with Crippen LogP contribution in [0.3, 0.4) is 0 Å². The van der Waals surface area contributed by atoms with Gasteiger partial charge in [-0.1, -0.05) is 23.4 Å². The molecule has 1 atom stereocenters. The molecular formula is C15H18N4O2. The number of aliphatic hydroxyl groups is 1. The Morgan fingerprint density at radius 1 is 1.43 bits per heavy atom. The highest BCUT2D eigenvalue weighted by Gasteiger charge is 2.28. The van der Waals surface area contributed by atoms with Crippen LogP contribution in [0.25, 0.3) is 10.9 Å². The highest BCUT2D eigenvalue weighted by Crippen LogP contribution is 2.34. The second-order valence-corrected chi connectivity index (χ2v) is 5.19. The largest absolute Gasteiger partial charge is 0.409 e. The molecule has 4 N–H and O–H groups in total. The molecule has 0 bridgehead atoms. The summed E-state index contributed by atoms with van der Waals surface area (Å²) in [5.74, 6) is 0.0341. The average molecular weight is 286 g/mol. The molecule has 0 spiro atoms. The Balaban J connectivity index is 2.25. The number of benzene rings is 1. The topological polar surface area (TPSA) is 95.0 Å². The first-order chi connectivity index (χ1) is 10.3. The molecule has 21 heavy (non-hydrogen) atoms. The van der Waals surface area contributed by atoms with E-state index in [1.807, 2.05) is 24.3 Å². The van der Waals surface area contributed by atoms with Gasteiger partial charge in [-0.25, -0.2) is 0 Å². The summed E-state index contributed by atoms with van der Waals surface area (Å²) in [5, 5.41) is 22.7. The van der Waals surface area contributed by atoms with Gasteiger partial charge in [0.15, 0.2) is 5.84 Å². The summed E-state index contributed by atoms with van der Waals surface area (Å²) >= 11 is 0. The lowest BCUT2D eigenvalue weighted by Gasteiger charge is -2.28. The van der Waals surface area contributed by atoms with Gasteiger partial charge in [0.1, 0.15) is 0 Å². The van der Waals surface area contributed by atoms with E-state index in [1.165, 1.54) is 0 Å². The van der Waals surface area contributed by atoms with Gasteiger partial charge in [-0.15, -0.1) is 0 Å². The first-order valence-corrected chi connectivity index (χ1v) is 6.99. The maximum atomic E-state index is 9.59. The number of oxime groups is 1. The minimum absolute atomic E-state index is 0.0341. The lowest BCUT2D eigenvalue weighted by atomic mass is 10.1. The Hall–Kier alpha value is -2.34. The molecule has 0 amide bonds. The fraction of sp³-hybridized carbons (Fsp3) is 0.333. The minimum atomic E-state index is 0.0341. The summed E-state index contributed by atoms with van der Waals surface area (Å²) in [6.07, 6.45) is 3.57. The SMILES string of the molecule is NC(=NO)c1cnc2ccccc2c1N1CCCC1CO. The van der Waals surface area contributed by atoms with Crippen LogP contribution in [-0.2, 0) is 0 Å². The normalized spacial score (nSPS) is 19.4.